The number of carbonyl (C=O) groups is 1. The third kappa shape index (κ3) is 4.22. The first-order chi connectivity index (χ1) is 10.6. The van der Waals surface area contributed by atoms with Crippen LogP contribution in [-0.4, -0.2) is 25.7 Å². The number of halogens is 1. The van der Waals surface area contributed by atoms with E-state index in [2.05, 4.69) is 5.32 Å². The van der Waals surface area contributed by atoms with E-state index in [1.165, 1.54) is 12.1 Å². The molecule has 1 N–H and O–H groups in total. The molecule has 5 heteroatoms. The summed E-state index contributed by atoms with van der Waals surface area (Å²) in [7, 11) is 1.59. The van der Waals surface area contributed by atoms with Crippen LogP contribution in [0.2, 0.25) is 0 Å². The Kier molecular flexibility index (Phi) is 5.36. The third-order valence-corrected chi connectivity index (χ3v) is 3.06. The Bertz CT molecular complexity index is 628. The van der Waals surface area contributed by atoms with Crippen LogP contribution in [-0.2, 0) is 0 Å². The molecule has 0 aliphatic heterocycles. The van der Waals surface area contributed by atoms with Crippen molar-refractivity contribution in [3.05, 3.63) is 59.9 Å². The molecule has 0 aliphatic carbocycles. The minimum Gasteiger partial charge on any atom is -0.497 e. The van der Waals surface area contributed by atoms with Crippen LogP contribution in [0.25, 0.3) is 0 Å². The van der Waals surface area contributed by atoms with E-state index >= 15 is 0 Å². The van der Waals surface area contributed by atoms with Crippen molar-refractivity contribution >= 4 is 5.91 Å². The van der Waals surface area contributed by atoms with E-state index in [1.54, 1.807) is 50.4 Å². The molecule has 2 aromatic carbocycles. The first-order valence-corrected chi connectivity index (χ1v) is 6.92. The second kappa shape index (κ2) is 7.45. The maximum Gasteiger partial charge on any atom is 0.254 e. The lowest BCUT2D eigenvalue weighted by Gasteiger charge is -2.15. The molecule has 1 atom stereocenters. The first kappa shape index (κ1) is 15.8. The van der Waals surface area contributed by atoms with Gasteiger partial charge in [0, 0.05) is 0 Å². The molecule has 1 amide bonds. The maximum atomic E-state index is 13.5. The molecule has 2 aromatic rings. The molecule has 0 saturated carbocycles. The Labute approximate surface area is 128 Å². The van der Waals surface area contributed by atoms with Gasteiger partial charge in [-0.2, -0.15) is 0 Å². The molecule has 116 valence electrons. The van der Waals surface area contributed by atoms with Gasteiger partial charge in [-0.05, 0) is 43.3 Å². The zero-order valence-electron chi connectivity index (χ0n) is 12.5. The van der Waals surface area contributed by atoms with E-state index in [1.807, 2.05) is 0 Å². The van der Waals surface area contributed by atoms with E-state index in [-0.39, 0.29) is 18.2 Å². The summed E-state index contributed by atoms with van der Waals surface area (Å²) in [6.07, 6.45) is 0. The van der Waals surface area contributed by atoms with E-state index in [0.29, 0.717) is 5.75 Å². The lowest BCUT2D eigenvalue weighted by atomic mass is 10.2. The molecular weight excluding hydrogens is 285 g/mol. The Morgan fingerprint density at radius 2 is 1.77 bits per heavy atom. The first-order valence-electron chi connectivity index (χ1n) is 6.92. The monoisotopic (exact) mass is 303 g/mol. The van der Waals surface area contributed by atoms with Gasteiger partial charge in [0.15, 0.2) is 0 Å². The Morgan fingerprint density at radius 1 is 1.14 bits per heavy atom. The molecule has 0 spiro atoms. The standard InChI is InChI=1S/C17H18FNO3/c1-12(11-22-14-9-7-13(21-2)8-10-14)19-17(20)15-5-3-4-6-16(15)18/h3-10,12H,11H2,1-2H3,(H,19,20). The molecule has 1 unspecified atom stereocenters. The van der Waals surface area contributed by atoms with Crippen LogP contribution in [0.3, 0.4) is 0 Å². The fourth-order valence-corrected chi connectivity index (χ4v) is 1.88. The summed E-state index contributed by atoms with van der Waals surface area (Å²) < 4.78 is 24.1. The summed E-state index contributed by atoms with van der Waals surface area (Å²) in [6, 6.07) is 12.8. The fraction of sp³-hybridized carbons (Fsp3) is 0.235. The number of hydrogen-bond acceptors (Lipinski definition) is 3. The van der Waals surface area contributed by atoms with Crippen LogP contribution in [0, 0.1) is 5.82 Å². The highest BCUT2D eigenvalue weighted by Gasteiger charge is 2.13. The molecule has 0 radical (unpaired) electrons. The summed E-state index contributed by atoms with van der Waals surface area (Å²) >= 11 is 0. The van der Waals surface area contributed by atoms with Crippen LogP contribution < -0.4 is 14.8 Å². The quantitative estimate of drug-likeness (QED) is 0.892. The van der Waals surface area contributed by atoms with Crippen molar-refractivity contribution in [2.45, 2.75) is 13.0 Å². The van der Waals surface area contributed by atoms with Gasteiger partial charge in [0.2, 0.25) is 0 Å². The highest BCUT2D eigenvalue weighted by molar-refractivity contribution is 5.94. The van der Waals surface area contributed by atoms with Crippen LogP contribution in [0.4, 0.5) is 4.39 Å². The summed E-state index contributed by atoms with van der Waals surface area (Å²) in [5, 5.41) is 2.70. The van der Waals surface area contributed by atoms with E-state index in [0.717, 1.165) is 5.75 Å². The highest BCUT2D eigenvalue weighted by Crippen LogP contribution is 2.17. The zero-order valence-corrected chi connectivity index (χ0v) is 12.5. The summed E-state index contributed by atoms with van der Waals surface area (Å²) in [4.78, 5) is 11.9. The molecule has 2 rings (SSSR count). The van der Waals surface area contributed by atoms with E-state index < -0.39 is 11.7 Å². The second-order valence-electron chi connectivity index (χ2n) is 4.84. The molecule has 0 aromatic heterocycles. The predicted molar refractivity (Wildman–Crippen MR) is 81.8 cm³/mol. The lowest BCUT2D eigenvalue weighted by Crippen LogP contribution is -2.37. The molecule has 22 heavy (non-hydrogen) atoms. The zero-order chi connectivity index (χ0) is 15.9. The number of carbonyl (C=O) groups excluding carboxylic acids is 1. The Hall–Kier alpha value is -2.56. The average Bonchev–Trinajstić information content (AvgIpc) is 2.53. The van der Waals surface area contributed by atoms with Gasteiger partial charge < -0.3 is 14.8 Å². The summed E-state index contributed by atoms with van der Waals surface area (Å²) in [6.45, 7) is 2.08. The summed E-state index contributed by atoms with van der Waals surface area (Å²) in [5.41, 5.74) is 0.0267. The van der Waals surface area contributed by atoms with Crippen molar-refractivity contribution in [3.8, 4) is 11.5 Å². The van der Waals surface area contributed by atoms with Gasteiger partial charge >= 0.3 is 0 Å². The normalized spacial score (nSPS) is 11.6. The molecule has 4 nitrogen and oxygen atoms in total. The van der Waals surface area contributed by atoms with Gasteiger partial charge in [0.1, 0.15) is 23.9 Å². The lowest BCUT2D eigenvalue weighted by molar-refractivity contribution is 0.0922. The molecule has 0 heterocycles. The van der Waals surface area contributed by atoms with Crippen molar-refractivity contribution in [3.63, 3.8) is 0 Å². The van der Waals surface area contributed by atoms with Gasteiger partial charge in [0.25, 0.3) is 5.91 Å². The highest BCUT2D eigenvalue weighted by atomic mass is 19.1. The molecule has 0 saturated heterocycles. The second-order valence-corrected chi connectivity index (χ2v) is 4.84. The van der Waals surface area contributed by atoms with E-state index in [4.69, 9.17) is 9.47 Å². The molecule has 0 aliphatic rings. The number of amides is 1. The minimum atomic E-state index is -0.539. The largest absolute Gasteiger partial charge is 0.497 e. The van der Waals surface area contributed by atoms with E-state index in [9.17, 15) is 9.18 Å². The average molecular weight is 303 g/mol. The SMILES string of the molecule is COc1ccc(OCC(C)NC(=O)c2ccccc2F)cc1. The molecule has 0 bridgehead atoms. The number of rotatable bonds is 6. The van der Waals surface area contributed by atoms with Crippen molar-refractivity contribution in [2.24, 2.45) is 0 Å². The number of methoxy groups -OCH3 is 1. The number of hydrogen-bond donors (Lipinski definition) is 1. The molecular formula is C17H18FNO3. The van der Waals surface area contributed by atoms with Gasteiger partial charge in [0.05, 0.1) is 18.7 Å². The van der Waals surface area contributed by atoms with Crippen molar-refractivity contribution in [2.75, 3.05) is 13.7 Å². The predicted octanol–water partition coefficient (Wildman–Crippen LogP) is 3.03. The summed E-state index contributed by atoms with van der Waals surface area (Å²) in [5.74, 6) is 0.424. The Balaban J connectivity index is 1.86. The van der Waals surface area contributed by atoms with Gasteiger partial charge in [-0.3, -0.25) is 4.79 Å². The van der Waals surface area contributed by atoms with Crippen LogP contribution >= 0.6 is 0 Å². The van der Waals surface area contributed by atoms with Crippen LogP contribution in [0.5, 0.6) is 11.5 Å². The van der Waals surface area contributed by atoms with Crippen LogP contribution in [0.15, 0.2) is 48.5 Å². The fourth-order valence-electron chi connectivity index (χ4n) is 1.88. The Morgan fingerprint density at radius 3 is 2.41 bits per heavy atom. The number of ether oxygens (including phenoxy) is 2. The van der Waals surface area contributed by atoms with Crippen molar-refractivity contribution in [1.29, 1.82) is 0 Å². The minimum absolute atomic E-state index is 0.0267. The van der Waals surface area contributed by atoms with Crippen molar-refractivity contribution in [1.82, 2.24) is 5.32 Å². The molecule has 0 fully saturated rings. The van der Waals surface area contributed by atoms with Crippen LogP contribution in [0.1, 0.15) is 17.3 Å². The van der Waals surface area contributed by atoms with Gasteiger partial charge in [-0.15, -0.1) is 0 Å². The third-order valence-electron chi connectivity index (χ3n) is 3.06. The smallest absolute Gasteiger partial charge is 0.254 e. The topological polar surface area (TPSA) is 47.6 Å². The number of benzene rings is 2. The maximum absolute atomic E-state index is 13.5. The number of nitrogens with one attached hydrogen (secondary N) is 1. The van der Waals surface area contributed by atoms with Gasteiger partial charge in [-0.25, -0.2) is 4.39 Å². The van der Waals surface area contributed by atoms with Crippen molar-refractivity contribution < 1.29 is 18.7 Å². The van der Waals surface area contributed by atoms with Gasteiger partial charge in [-0.1, -0.05) is 12.1 Å².